The summed E-state index contributed by atoms with van der Waals surface area (Å²) in [4.78, 5) is 14.8. The lowest BCUT2D eigenvalue weighted by atomic mass is 9.79. The van der Waals surface area contributed by atoms with Crippen molar-refractivity contribution in [3.63, 3.8) is 0 Å². The van der Waals surface area contributed by atoms with Gasteiger partial charge in [-0.25, -0.2) is 0 Å². The van der Waals surface area contributed by atoms with Crippen LogP contribution >= 0.6 is 0 Å². The number of likely N-dealkylation sites (tertiary alicyclic amines) is 1. The summed E-state index contributed by atoms with van der Waals surface area (Å²) < 4.78 is 17.3. The highest BCUT2D eigenvalue weighted by Gasteiger charge is 2.43. The van der Waals surface area contributed by atoms with Gasteiger partial charge >= 0.3 is 0 Å². The molecule has 3 aliphatic heterocycles. The minimum atomic E-state index is -0.319. The molecule has 1 amide bonds. The molecule has 1 spiro atoms. The van der Waals surface area contributed by atoms with Crippen LogP contribution in [0.5, 0.6) is 11.5 Å². The standard InChI is InChI=1S/C21H30N2O4/c1-14-4-5-17(22-14)20(24)23-9-7-21(8-10-23)16-13-19(26-3)18(25-2)12-15(16)6-11-27-21/h12-14,17,22H,4-11H2,1-3H3/t14-,17-/m0/s1. The summed E-state index contributed by atoms with van der Waals surface area (Å²) in [6.07, 6.45) is 4.54. The zero-order valence-electron chi connectivity index (χ0n) is 16.5. The second-order valence-corrected chi connectivity index (χ2v) is 7.98. The van der Waals surface area contributed by atoms with Crippen molar-refractivity contribution in [1.29, 1.82) is 0 Å². The van der Waals surface area contributed by atoms with Crippen LogP contribution in [0.2, 0.25) is 0 Å². The fourth-order valence-corrected chi connectivity index (χ4v) is 4.83. The van der Waals surface area contributed by atoms with Crippen molar-refractivity contribution in [1.82, 2.24) is 10.2 Å². The van der Waals surface area contributed by atoms with Crippen LogP contribution in [0.15, 0.2) is 12.1 Å². The minimum Gasteiger partial charge on any atom is -0.493 e. The van der Waals surface area contributed by atoms with Crippen LogP contribution in [0.1, 0.15) is 43.7 Å². The van der Waals surface area contributed by atoms with E-state index in [2.05, 4.69) is 24.4 Å². The van der Waals surface area contributed by atoms with Crippen molar-refractivity contribution in [2.24, 2.45) is 0 Å². The molecule has 6 heteroatoms. The van der Waals surface area contributed by atoms with Gasteiger partial charge in [0.1, 0.15) is 0 Å². The lowest BCUT2D eigenvalue weighted by molar-refractivity contribution is -0.142. The molecule has 0 unspecified atom stereocenters. The van der Waals surface area contributed by atoms with Crippen molar-refractivity contribution < 1.29 is 19.0 Å². The summed E-state index contributed by atoms with van der Waals surface area (Å²) in [5, 5.41) is 3.41. The molecule has 0 bridgehead atoms. The lowest BCUT2D eigenvalue weighted by Crippen LogP contribution is -2.52. The molecule has 2 saturated heterocycles. The van der Waals surface area contributed by atoms with Crippen LogP contribution in [0.4, 0.5) is 0 Å². The number of fused-ring (bicyclic) bond motifs is 2. The number of ether oxygens (including phenoxy) is 3. The third kappa shape index (κ3) is 3.29. The molecule has 3 aliphatic rings. The smallest absolute Gasteiger partial charge is 0.239 e. The Labute approximate surface area is 161 Å². The summed E-state index contributed by atoms with van der Waals surface area (Å²) in [6.45, 7) is 4.32. The Morgan fingerprint density at radius 1 is 1.19 bits per heavy atom. The number of piperidine rings is 1. The molecule has 6 nitrogen and oxygen atoms in total. The van der Waals surface area contributed by atoms with Gasteiger partial charge in [-0.1, -0.05) is 0 Å². The first-order chi connectivity index (χ1) is 13.1. The van der Waals surface area contributed by atoms with Gasteiger partial charge < -0.3 is 24.4 Å². The van der Waals surface area contributed by atoms with E-state index in [9.17, 15) is 4.79 Å². The third-order valence-corrected chi connectivity index (χ3v) is 6.40. The fraction of sp³-hybridized carbons (Fsp3) is 0.667. The van der Waals surface area contributed by atoms with Gasteiger partial charge in [-0.05, 0) is 62.3 Å². The van der Waals surface area contributed by atoms with Crippen LogP contribution in [-0.4, -0.2) is 56.8 Å². The molecule has 4 rings (SSSR count). The van der Waals surface area contributed by atoms with E-state index in [0.29, 0.717) is 12.6 Å². The van der Waals surface area contributed by atoms with E-state index in [1.807, 2.05) is 4.90 Å². The number of hydrogen-bond donors (Lipinski definition) is 1. The number of nitrogens with one attached hydrogen (secondary N) is 1. The minimum absolute atomic E-state index is 0.0158. The van der Waals surface area contributed by atoms with Crippen molar-refractivity contribution in [3.05, 3.63) is 23.3 Å². The Kier molecular flexibility index (Phi) is 5.03. The lowest BCUT2D eigenvalue weighted by Gasteiger charge is -2.45. The highest BCUT2D eigenvalue weighted by molar-refractivity contribution is 5.82. The molecule has 3 heterocycles. The predicted octanol–water partition coefficient (Wildman–Crippen LogP) is 2.23. The normalized spacial score (nSPS) is 26.7. The van der Waals surface area contributed by atoms with Gasteiger partial charge in [-0.3, -0.25) is 4.79 Å². The maximum Gasteiger partial charge on any atom is 0.239 e. The van der Waals surface area contributed by atoms with Crippen molar-refractivity contribution in [2.75, 3.05) is 33.9 Å². The number of carbonyl (C=O) groups excluding carboxylic acids is 1. The number of amides is 1. The van der Waals surface area contributed by atoms with Crippen LogP contribution in [0, 0.1) is 0 Å². The summed E-state index contributed by atoms with van der Waals surface area (Å²) in [7, 11) is 3.33. The fourth-order valence-electron chi connectivity index (χ4n) is 4.83. The van der Waals surface area contributed by atoms with Gasteiger partial charge in [0, 0.05) is 19.1 Å². The zero-order valence-corrected chi connectivity index (χ0v) is 16.5. The maximum absolute atomic E-state index is 12.8. The zero-order chi connectivity index (χ0) is 19.0. The molecule has 0 aromatic heterocycles. The molecule has 148 valence electrons. The monoisotopic (exact) mass is 374 g/mol. The number of carbonyl (C=O) groups is 1. The molecule has 0 aliphatic carbocycles. The summed E-state index contributed by atoms with van der Waals surface area (Å²) in [5.41, 5.74) is 2.15. The maximum atomic E-state index is 12.8. The Balaban J connectivity index is 1.53. The molecule has 1 aromatic rings. The van der Waals surface area contributed by atoms with E-state index < -0.39 is 0 Å². The molecule has 1 N–H and O–H groups in total. The second kappa shape index (κ2) is 7.32. The average Bonchev–Trinajstić information content (AvgIpc) is 3.14. The van der Waals surface area contributed by atoms with E-state index in [-0.39, 0.29) is 17.6 Å². The summed E-state index contributed by atoms with van der Waals surface area (Å²) in [6, 6.07) is 4.58. The molecular formula is C21H30N2O4. The highest BCUT2D eigenvalue weighted by Crippen LogP contribution is 2.45. The second-order valence-electron chi connectivity index (χ2n) is 7.98. The molecule has 0 saturated carbocycles. The topological polar surface area (TPSA) is 60.0 Å². The predicted molar refractivity (Wildman–Crippen MR) is 102 cm³/mol. The quantitative estimate of drug-likeness (QED) is 0.879. The van der Waals surface area contributed by atoms with Crippen LogP contribution in [0.25, 0.3) is 0 Å². The summed E-state index contributed by atoms with van der Waals surface area (Å²) >= 11 is 0. The molecule has 0 radical (unpaired) electrons. The Morgan fingerprint density at radius 3 is 2.52 bits per heavy atom. The highest BCUT2D eigenvalue weighted by atomic mass is 16.5. The molecule has 2 fully saturated rings. The molecule has 1 aromatic carbocycles. The Bertz CT molecular complexity index is 712. The van der Waals surface area contributed by atoms with Gasteiger partial charge in [0.2, 0.25) is 5.91 Å². The van der Waals surface area contributed by atoms with Crippen LogP contribution in [0.3, 0.4) is 0 Å². The van der Waals surface area contributed by atoms with Gasteiger partial charge in [-0.15, -0.1) is 0 Å². The number of rotatable bonds is 3. The first-order valence-corrected chi connectivity index (χ1v) is 10.0. The van der Waals surface area contributed by atoms with Gasteiger partial charge in [0.05, 0.1) is 32.5 Å². The number of methoxy groups -OCH3 is 2. The third-order valence-electron chi connectivity index (χ3n) is 6.40. The van der Waals surface area contributed by atoms with E-state index in [1.54, 1.807) is 14.2 Å². The average molecular weight is 374 g/mol. The van der Waals surface area contributed by atoms with Gasteiger partial charge in [0.25, 0.3) is 0 Å². The van der Waals surface area contributed by atoms with Crippen LogP contribution < -0.4 is 14.8 Å². The number of nitrogens with zero attached hydrogens (tertiary/aromatic N) is 1. The van der Waals surface area contributed by atoms with E-state index >= 15 is 0 Å². The van der Waals surface area contributed by atoms with E-state index in [4.69, 9.17) is 14.2 Å². The Hall–Kier alpha value is -1.79. The van der Waals surface area contributed by atoms with Crippen LogP contribution in [-0.2, 0) is 21.6 Å². The van der Waals surface area contributed by atoms with Gasteiger partial charge in [-0.2, -0.15) is 0 Å². The molecule has 2 atom stereocenters. The van der Waals surface area contributed by atoms with Gasteiger partial charge in [0.15, 0.2) is 11.5 Å². The van der Waals surface area contributed by atoms with Crippen molar-refractivity contribution >= 4 is 5.91 Å². The van der Waals surface area contributed by atoms with E-state index in [1.165, 1.54) is 11.1 Å². The largest absolute Gasteiger partial charge is 0.493 e. The first-order valence-electron chi connectivity index (χ1n) is 10.0. The molecular weight excluding hydrogens is 344 g/mol. The van der Waals surface area contributed by atoms with Crippen molar-refractivity contribution in [3.8, 4) is 11.5 Å². The Morgan fingerprint density at radius 2 is 1.89 bits per heavy atom. The van der Waals surface area contributed by atoms with E-state index in [0.717, 1.165) is 56.7 Å². The number of hydrogen-bond acceptors (Lipinski definition) is 5. The first kappa shape index (κ1) is 18.6. The van der Waals surface area contributed by atoms with Crippen molar-refractivity contribution in [2.45, 2.75) is 56.7 Å². The summed E-state index contributed by atoms with van der Waals surface area (Å²) in [5.74, 6) is 1.75. The number of benzene rings is 1. The SMILES string of the molecule is COc1cc2c(cc1OC)C1(CCN(C(=O)[C@@H]3CC[C@H](C)N3)CC1)OCC2. The molecule has 27 heavy (non-hydrogen) atoms.